The molecule has 4 heterocycles. The second-order valence-corrected chi connectivity index (χ2v) is 10.3. The normalized spacial score (nSPS) is 19.3. The minimum absolute atomic E-state index is 0.0124. The number of benzene rings is 2. The summed E-state index contributed by atoms with van der Waals surface area (Å²) in [6.45, 7) is 0.577. The van der Waals surface area contributed by atoms with E-state index in [0.717, 1.165) is 36.8 Å². The molecular weight excluding hydrogens is 505 g/mol. The monoisotopic (exact) mass is 527 g/mol. The van der Waals surface area contributed by atoms with Crippen LogP contribution in [0.1, 0.15) is 47.6 Å². The summed E-state index contributed by atoms with van der Waals surface area (Å²) < 4.78 is 17.2. The van der Waals surface area contributed by atoms with Crippen molar-refractivity contribution in [3.05, 3.63) is 83.0 Å². The highest BCUT2D eigenvalue weighted by Crippen LogP contribution is 2.40. The Morgan fingerprint density at radius 3 is 2.74 bits per heavy atom. The highest BCUT2D eigenvalue weighted by Gasteiger charge is 2.37. The van der Waals surface area contributed by atoms with E-state index < -0.39 is 0 Å². The molecule has 190 valence electrons. The predicted molar refractivity (Wildman–Crippen MR) is 141 cm³/mol. The number of H-pyrrole nitrogens is 1. The van der Waals surface area contributed by atoms with Gasteiger partial charge in [-0.15, -0.1) is 0 Å². The summed E-state index contributed by atoms with van der Waals surface area (Å²) in [5, 5.41) is 7.37. The Balaban J connectivity index is 1.31. The van der Waals surface area contributed by atoms with Gasteiger partial charge in [-0.3, -0.25) is 14.9 Å². The van der Waals surface area contributed by atoms with Crippen LogP contribution in [0.5, 0.6) is 0 Å². The van der Waals surface area contributed by atoms with Gasteiger partial charge in [-0.2, -0.15) is 5.10 Å². The highest BCUT2D eigenvalue weighted by molar-refractivity contribution is 6.31. The lowest BCUT2D eigenvalue weighted by Gasteiger charge is -2.36. The van der Waals surface area contributed by atoms with Crippen LogP contribution in [0.2, 0.25) is 5.02 Å². The standard InChI is InChI=1S/C28H23ClFN7O/c29-17-9-8-16-14-36(28(38)21(16)10-17)18-4-3-5-19(11-18)37-25-12-23(26-32-15-33-35-26)31-13-24(25)34-27(37)20-6-1-2-7-22(20)30/h1-2,6-10,12-13,15,18-19H,3-5,11,14H2,(H,32,33,35). The average Bonchev–Trinajstić information content (AvgIpc) is 3.67. The molecule has 0 bridgehead atoms. The number of hydrogen-bond acceptors (Lipinski definition) is 5. The molecular formula is C28H23ClFN7O. The summed E-state index contributed by atoms with van der Waals surface area (Å²) in [6.07, 6.45) is 6.61. The number of pyridine rings is 1. The van der Waals surface area contributed by atoms with Crippen LogP contribution in [0.25, 0.3) is 33.9 Å². The number of nitrogens with one attached hydrogen (secondary N) is 1. The number of carbonyl (C=O) groups is 1. The maximum absolute atomic E-state index is 15.1. The Labute approximate surface area is 222 Å². The van der Waals surface area contributed by atoms with Crippen molar-refractivity contribution in [2.75, 3.05) is 0 Å². The molecule has 1 fully saturated rings. The van der Waals surface area contributed by atoms with Gasteiger partial charge in [0.2, 0.25) is 0 Å². The third kappa shape index (κ3) is 3.77. The third-order valence-corrected chi connectivity index (χ3v) is 7.91. The highest BCUT2D eigenvalue weighted by atomic mass is 35.5. The molecule has 2 aliphatic rings. The largest absolute Gasteiger partial charge is 0.331 e. The maximum Gasteiger partial charge on any atom is 0.254 e. The molecule has 2 aromatic carbocycles. The second kappa shape index (κ2) is 9.02. The second-order valence-electron chi connectivity index (χ2n) is 9.89. The zero-order valence-corrected chi connectivity index (χ0v) is 21.1. The molecule has 2 atom stereocenters. The number of imidazole rings is 1. The predicted octanol–water partition coefficient (Wildman–Crippen LogP) is 5.82. The first kappa shape index (κ1) is 23.0. The molecule has 1 N–H and O–H groups in total. The van der Waals surface area contributed by atoms with Crippen molar-refractivity contribution in [2.45, 2.75) is 44.3 Å². The Hall–Kier alpha value is -4.11. The lowest BCUT2D eigenvalue weighted by Crippen LogP contribution is -2.39. The summed E-state index contributed by atoms with van der Waals surface area (Å²) >= 11 is 6.18. The van der Waals surface area contributed by atoms with E-state index in [1.807, 2.05) is 29.2 Å². The summed E-state index contributed by atoms with van der Waals surface area (Å²) in [4.78, 5) is 28.9. The van der Waals surface area contributed by atoms with E-state index in [1.54, 1.807) is 24.4 Å². The van der Waals surface area contributed by atoms with E-state index in [9.17, 15) is 4.79 Å². The van der Waals surface area contributed by atoms with Gasteiger partial charge in [0.25, 0.3) is 5.91 Å². The molecule has 0 radical (unpaired) electrons. The van der Waals surface area contributed by atoms with Crippen molar-refractivity contribution >= 4 is 28.5 Å². The van der Waals surface area contributed by atoms with Crippen molar-refractivity contribution < 1.29 is 9.18 Å². The number of fused-ring (bicyclic) bond motifs is 2. The molecule has 2 unspecified atom stereocenters. The molecule has 0 spiro atoms. The zero-order valence-electron chi connectivity index (χ0n) is 20.3. The van der Waals surface area contributed by atoms with Gasteiger partial charge in [0.15, 0.2) is 5.82 Å². The van der Waals surface area contributed by atoms with Gasteiger partial charge >= 0.3 is 0 Å². The van der Waals surface area contributed by atoms with Crippen molar-refractivity contribution in [1.29, 1.82) is 0 Å². The van der Waals surface area contributed by atoms with E-state index >= 15 is 4.39 Å². The number of amides is 1. The van der Waals surface area contributed by atoms with Crippen molar-refractivity contribution in [3.8, 4) is 22.9 Å². The molecule has 8 nitrogen and oxygen atoms in total. The first-order chi connectivity index (χ1) is 18.6. The Kier molecular flexibility index (Phi) is 5.47. The Morgan fingerprint density at radius 1 is 1.03 bits per heavy atom. The van der Waals surface area contributed by atoms with Gasteiger partial charge in [-0.1, -0.05) is 29.8 Å². The first-order valence-corrected chi connectivity index (χ1v) is 13.0. The van der Waals surface area contributed by atoms with Gasteiger partial charge in [0.1, 0.15) is 29.2 Å². The van der Waals surface area contributed by atoms with Crippen LogP contribution < -0.4 is 0 Å². The fourth-order valence-electron chi connectivity index (χ4n) is 5.91. The molecule has 1 saturated carbocycles. The molecule has 1 aliphatic heterocycles. The number of rotatable bonds is 4. The summed E-state index contributed by atoms with van der Waals surface area (Å²) in [6, 6.07) is 14.2. The van der Waals surface area contributed by atoms with Gasteiger partial charge in [0, 0.05) is 29.2 Å². The minimum Gasteiger partial charge on any atom is -0.331 e. The summed E-state index contributed by atoms with van der Waals surface area (Å²) in [7, 11) is 0. The smallest absolute Gasteiger partial charge is 0.254 e. The number of halogens is 2. The molecule has 3 aromatic heterocycles. The van der Waals surface area contributed by atoms with Crippen molar-refractivity contribution in [1.82, 2.24) is 34.6 Å². The van der Waals surface area contributed by atoms with E-state index in [2.05, 4.69) is 24.7 Å². The number of aromatic amines is 1. The van der Waals surface area contributed by atoms with Crippen LogP contribution in [0, 0.1) is 5.82 Å². The molecule has 1 aliphatic carbocycles. The molecule has 1 amide bonds. The van der Waals surface area contributed by atoms with Crippen molar-refractivity contribution in [3.63, 3.8) is 0 Å². The van der Waals surface area contributed by atoms with Crippen LogP contribution >= 0.6 is 11.6 Å². The van der Waals surface area contributed by atoms with E-state index in [4.69, 9.17) is 16.6 Å². The van der Waals surface area contributed by atoms with Crippen LogP contribution in [0.4, 0.5) is 4.39 Å². The van der Waals surface area contributed by atoms with Gasteiger partial charge in [-0.25, -0.2) is 14.4 Å². The summed E-state index contributed by atoms with van der Waals surface area (Å²) in [5.41, 5.74) is 4.27. The zero-order chi connectivity index (χ0) is 25.8. The van der Waals surface area contributed by atoms with E-state index in [1.165, 1.54) is 12.4 Å². The third-order valence-electron chi connectivity index (χ3n) is 7.68. The number of carbonyl (C=O) groups excluding carboxylic acids is 1. The number of nitrogens with zero attached hydrogens (tertiary/aromatic N) is 6. The lowest BCUT2D eigenvalue weighted by molar-refractivity contribution is 0.0630. The molecule has 38 heavy (non-hydrogen) atoms. The SMILES string of the molecule is O=C1c2cc(Cl)ccc2CN1C1CCCC(n2c(-c3ccccc3F)nc3cnc(-c4ncn[nH]4)cc32)C1. The van der Waals surface area contributed by atoms with E-state index in [0.29, 0.717) is 45.6 Å². The lowest BCUT2D eigenvalue weighted by atomic mass is 9.89. The van der Waals surface area contributed by atoms with Gasteiger partial charge in [-0.05, 0) is 61.6 Å². The van der Waals surface area contributed by atoms with Crippen LogP contribution in [-0.4, -0.2) is 46.6 Å². The number of hydrogen-bond donors (Lipinski definition) is 1. The Morgan fingerprint density at radius 2 is 1.89 bits per heavy atom. The van der Waals surface area contributed by atoms with Gasteiger partial charge < -0.3 is 9.47 Å². The molecule has 5 aromatic rings. The van der Waals surface area contributed by atoms with Crippen LogP contribution in [-0.2, 0) is 6.54 Å². The average molecular weight is 528 g/mol. The fourth-order valence-corrected chi connectivity index (χ4v) is 6.08. The van der Waals surface area contributed by atoms with Crippen LogP contribution in [0.15, 0.2) is 61.1 Å². The van der Waals surface area contributed by atoms with Gasteiger partial charge in [0.05, 0.1) is 17.3 Å². The minimum atomic E-state index is -0.332. The molecule has 10 heteroatoms. The first-order valence-electron chi connectivity index (χ1n) is 12.6. The quantitative estimate of drug-likeness (QED) is 0.318. The Bertz CT molecular complexity index is 1680. The fraction of sp³-hybridized carbons (Fsp3) is 0.250. The topological polar surface area (TPSA) is 92.6 Å². The molecule has 0 saturated heterocycles. The maximum atomic E-state index is 15.1. The van der Waals surface area contributed by atoms with Crippen LogP contribution in [0.3, 0.4) is 0 Å². The summed E-state index contributed by atoms with van der Waals surface area (Å²) in [5.74, 6) is 0.799. The number of aromatic nitrogens is 6. The van der Waals surface area contributed by atoms with Crippen molar-refractivity contribution in [2.24, 2.45) is 0 Å². The van der Waals surface area contributed by atoms with E-state index in [-0.39, 0.29) is 23.8 Å². The molecule has 7 rings (SSSR count).